The summed E-state index contributed by atoms with van der Waals surface area (Å²) < 4.78 is 4.55. The first-order valence-electron chi connectivity index (χ1n) is 4.10. The number of pyridine rings is 1. The maximum atomic E-state index is 11.1. The van der Waals surface area contributed by atoms with Crippen LogP contribution in [0.2, 0.25) is 5.02 Å². The number of esters is 1. The van der Waals surface area contributed by atoms with Crippen LogP contribution < -0.4 is 5.32 Å². The molecular formula is C9H11ClN2O2. The van der Waals surface area contributed by atoms with E-state index in [2.05, 4.69) is 15.0 Å². The zero-order chi connectivity index (χ0) is 10.6. The van der Waals surface area contributed by atoms with Crippen molar-refractivity contribution < 1.29 is 9.53 Å². The average molecular weight is 215 g/mol. The van der Waals surface area contributed by atoms with Crippen LogP contribution in [-0.4, -0.2) is 24.1 Å². The Morgan fingerprint density at radius 1 is 1.71 bits per heavy atom. The third kappa shape index (κ3) is 2.60. The molecule has 0 fully saturated rings. The smallest absolute Gasteiger partial charge is 0.328 e. The van der Waals surface area contributed by atoms with Gasteiger partial charge in [0.05, 0.1) is 12.1 Å². The lowest BCUT2D eigenvalue weighted by Crippen LogP contribution is -2.27. The number of hydrogen-bond acceptors (Lipinski definition) is 4. The lowest BCUT2D eigenvalue weighted by molar-refractivity contribution is -0.141. The van der Waals surface area contributed by atoms with Gasteiger partial charge in [0.2, 0.25) is 0 Å². The minimum atomic E-state index is -0.465. The van der Waals surface area contributed by atoms with Crippen LogP contribution in [0, 0.1) is 0 Å². The summed E-state index contributed by atoms with van der Waals surface area (Å²) >= 11 is 5.84. The molecule has 1 unspecified atom stereocenters. The lowest BCUT2D eigenvalue weighted by Gasteiger charge is -2.12. The molecule has 0 saturated carbocycles. The third-order valence-electron chi connectivity index (χ3n) is 1.67. The molecule has 14 heavy (non-hydrogen) atoms. The monoisotopic (exact) mass is 214 g/mol. The predicted octanol–water partition coefficient (Wildman–Crippen LogP) is 1.71. The summed E-state index contributed by atoms with van der Waals surface area (Å²) in [7, 11) is 1.33. The van der Waals surface area contributed by atoms with Crippen molar-refractivity contribution >= 4 is 23.4 Å². The minimum Gasteiger partial charge on any atom is -0.467 e. The van der Waals surface area contributed by atoms with Crippen LogP contribution in [0.4, 0.5) is 5.82 Å². The largest absolute Gasteiger partial charge is 0.467 e. The molecular weight excluding hydrogens is 204 g/mol. The van der Waals surface area contributed by atoms with Gasteiger partial charge in [0.1, 0.15) is 11.9 Å². The molecule has 1 aromatic heterocycles. The molecule has 1 atom stereocenters. The molecule has 1 heterocycles. The summed E-state index contributed by atoms with van der Waals surface area (Å²) in [5.74, 6) is 0.124. The Kier molecular flexibility index (Phi) is 3.71. The highest BCUT2D eigenvalue weighted by Gasteiger charge is 2.14. The van der Waals surface area contributed by atoms with E-state index in [1.54, 1.807) is 25.3 Å². The Labute approximate surface area is 87.2 Å². The van der Waals surface area contributed by atoms with Gasteiger partial charge >= 0.3 is 5.97 Å². The second kappa shape index (κ2) is 4.81. The molecule has 76 valence electrons. The Balaban J connectivity index is 2.69. The molecule has 0 aliphatic carbocycles. The topological polar surface area (TPSA) is 51.2 Å². The second-order valence-corrected chi connectivity index (χ2v) is 3.13. The fourth-order valence-electron chi connectivity index (χ4n) is 0.933. The van der Waals surface area contributed by atoms with Crippen molar-refractivity contribution in [3.8, 4) is 0 Å². The van der Waals surface area contributed by atoms with Gasteiger partial charge in [-0.1, -0.05) is 11.6 Å². The molecule has 1 aromatic rings. The fraction of sp³-hybridized carbons (Fsp3) is 0.333. The number of aromatic nitrogens is 1. The maximum absolute atomic E-state index is 11.1. The first-order chi connectivity index (χ1) is 6.65. The van der Waals surface area contributed by atoms with Gasteiger partial charge in [-0.25, -0.2) is 9.78 Å². The first kappa shape index (κ1) is 10.8. The molecule has 1 rings (SSSR count). The molecule has 4 nitrogen and oxygen atoms in total. The normalized spacial score (nSPS) is 11.9. The number of nitrogens with one attached hydrogen (secondary N) is 1. The van der Waals surface area contributed by atoms with E-state index >= 15 is 0 Å². The Bertz CT molecular complexity index is 330. The number of carbonyl (C=O) groups excluding carboxylic acids is 1. The van der Waals surface area contributed by atoms with Gasteiger partial charge in [-0.15, -0.1) is 0 Å². The molecule has 1 N–H and O–H groups in total. The fourth-order valence-corrected chi connectivity index (χ4v) is 1.11. The minimum absolute atomic E-state index is 0.355. The molecule has 0 aliphatic rings. The van der Waals surface area contributed by atoms with Crippen molar-refractivity contribution in [1.29, 1.82) is 0 Å². The van der Waals surface area contributed by atoms with E-state index in [1.165, 1.54) is 7.11 Å². The van der Waals surface area contributed by atoms with Crippen LogP contribution >= 0.6 is 11.6 Å². The van der Waals surface area contributed by atoms with Crippen molar-refractivity contribution in [3.63, 3.8) is 0 Å². The quantitative estimate of drug-likeness (QED) is 0.779. The zero-order valence-electron chi connectivity index (χ0n) is 7.95. The van der Waals surface area contributed by atoms with E-state index in [-0.39, 0.29) is 5.97 Å². The molecule has 0 saturated heterocycles. The number of rotatable bonds is 3. The van der Waals surface area contributed by atoms with E-state index in [1.807, 2.05) is 0 Å². The number of ether oxygens (including phenoxy) is 1. The summed E-state index contributed by atoms with van der Waals surface area (Å²) in [6.45, 7) is 1.68. The molecule has 0 bridgehead atoms. The molecule has 0 radical (unpaired) electrons. The number of halogens is 1. The summed E-state index contributed by atoms with van der Waals surface area (Å²) in [5, 5.41) is 3.32. The standard InChI is InChI=1S/C9H11ClN2O2/c1-6(9(13)14-2)12-8-7(10)4-3-5-11-8/h3-6H,1-2H3,(H,11,12). The molecule has 0 aliphatic heterocycles. The molecule has 5 heteroatoms. The van der Waals surface area contributed by atoms with Crippen LogP contribution in [-0.2, 0) is 9.53 Å². The number of carbonyl (C=O) groups is 1. The maximum Gasteiger partial charge on any atom is 0.328 e. The molecule has 0 aromatic carbocycles. The predicted molar refractivity (Wildman–Crippen MR) is 54.3 cm³/mol. The third-order valence-corrected chi connectivity index (χ3v) is 1.97. The molecule has 0 amide bonds. The number of hydrogen-bond donors (Lipinski definition) is 1. The summed E-state index contributed by atoms with van der Waals surface area (Å²) in [6.07, 6.45) is 1.60. The van der Waals surface area contributed by atoms with Crippen molar-refractivity contribution in [1.82, 2.24) is 4.98 Å². The summed E-state index contributed by atoms with van der Waals surface area (Å²) in [5.41, 5.74) is 0. The lowest BCUT2D eigenvalue weighted by atomic mass is 10.3. The van der Waals surface area contributed by atoms with Crippen LogP contribution in [0.5, 0.6) is 0 Å². The highest BCUT2D eigenvalue weighted by molar-refractivity contribution is 6.32. The average Bonchev–Trinajstić information content (AvgIpc) is 2.20. The van der Waals surface area contributed by atoms with Gasteiger partial charge in [-0.2, -0.15) is 0 Å². The van der Waals surface area contributed by atoms with E-state index < -0.39 is 6.04 Å². The van der Waals surface area contributed by atoms with Gasteiger partial charge in [0.15, 0.2) is 0 Å². The van der Waals surface area contributed by atoms with Crippen LogP contribution in [0.25, 0.3) is 0 Å². The number of nitrogens with zero attached hydrogens (tertiary/aromatic N) is 1. The van der Waals surface area contributed by atoms with Gasteiger partial charge in [-0.05, 0) is 19.1 Å². The van der Waals surface area contributed by atoms with E-state index in [9.17, 15) is 4.79 Å². The van der Waals surface area contributed by atoms with Gasteiger partial charge in [-0.3, -0.25) is 0 Å². The molecule has 0 spiro atoms. The second-order valence-electron chi connectivity index (χ2n) is 2.72. The van der Waals surface area contributed by atoms with Crippen molar-refractivity contribution in [3.05, 3.63) is 23.4 Å². The van der Waals surface area contributed by atoms with Gasteiger partial charge in [0.25, 0.3) is 0 Å². The Morgan fingerprint density at radius 3 is 3.00 bits per heavy atom. The van der Waals surface area contributed by atoms with Crippen molar-refractivity contribution in [2.45, 2.75) is 13.0 Å². The summed E-state index contributed by atoms with van der Waals surface area (Å²) in [4.78, 5) is 15.1. The van der Waals surface area contributed by atoms with E-state index in [4.69, 9.17) is 11.6 Å². The van der Waals surface area contributed by atoms with Crippen molar-refractivity contribution in [2.24, 2.45) is 0 Å². The highest BCUT2D eigenvalue weighted by atomic mass is 35.5. The van der Waals surface area contributed by atoms with Gasteiger partial charge in [0, 0.05) is 6.20 Å². The first-order valence-corrected chi connectivity index (χ1v) is 4.48. The van der Waals surface area contributed by atoms with Crippen LogP contribution in [0.15, 0.2) is 18.3 Å². The highest BCUT2D eigenvalue weighted by Crippen LogP contribution is 2.18. The van der Waals surface area contributed by atoms with Crippen LogP contribution in [0.1, 0.15) is 6.92 Å². The van der Waals surface area contributed by atoms with Crippen LogP contribution in [0.3, 0.4) is 0 Å². The number of methoxy groups -OCH3 is 1. The summed E-state index contributed by atoms with van der Waals surface area (Å²) in [6, 6.07) is 2.95. The number of anilines is 1. The Morgan fingerprint density at radius 2 is 2.43 bits per heavy atom. The van der Waals surface area contributed by atoms with E-state index in [0.29, 0.717) is 10.8 Å². The zero-order valence-corrected chi connectivity index (χ0v) is 8.71. The van der Waals surface area contributed by atoms with Crippen molar-refractivity contribution in [2.75, 3.05) is 12.4 Å². The van der Waals surface area contributed by atoms with Gasteiger partial charge < -0.3 is 10.1 Å². The SMILES string of the molecule is COC(=O)C(C)Nc1ncccc1Cl. The van der Waals surface area contributed by atoms with E-state index in [0.717, 1.165) is 0 Å². The Hall–Kier alpha value is -1.29.